The van der Waals surface area contributed by atoms with Gasteiger partial charge in [0.15, 0.2) is 5.82 Å². The summed E-state index contributed by atoms with van der Waals surface area (Å²) in [5, 5.41) is 5.04. The Balaban J connectivity index is 2.01. The minimum atomic E-state index is 0.635. The summed E-state index contributed by atoms with van der Waals surface area (Å²) in [6.07, 6.45) is 2.43. The first-order valence-corrected chi connectivity index (χ1v) is 6.97. The number of hydrogen-bond donors (Lipinski definition) is 1. The van der Waals surface area contributed by atoms with Crippen molar-refractivity contribution in [2.45, 2.75) is 12.8 Å². The van der Waals surface area contributed by atoms with Crippen LogP contribution < -0.4 is 10.2 Å². The van der Waals surface area contributed by atoms with Gasteiger partial charge >= 0.3 is 0 Å². The lowest BCUT2D eigenvalue weighted by Crippen LogP contribution is -2.21. The summed E-state index contributed by atoms with van der Waals surface area (Å²) >= 11 is 1.65. The van der Waals surface area contributed by atoms with E-state index in [0.717, 1.165) is 29.7 Å². The first-order chi connectivity index (χ1) is 8.86. The van der Waals surface area contributed by atoms with Crippen LogP contribution in [0.5, 0.6) is 0 Å². The summed E-state index contributed by atoms with van der Waals surface area (Å²) in [5.41, 5.74) is 0. The van der Waals surface area contributed by atoms with E-state index in [1.165, 1.54) is 12.8 Å². The molecule has 0 atom stereocenters. The molecule has 3 rings (SSSR count). The van der Waals surface area contributed by atoms with E-state index in [9.17, 15) is 0 Å². The molecule has 18 heavy (non-hydrogen) atoms. The maximum Gasteiger partial charge on any atom is 0.230 e. The second kappa shape index (κ2) is 4.89. The van der Waals surface area contributed by atoms with Gasteiger partial charge in [-0.05, 0) is 24.3 Å². The molecule has 2 aromatic rings. The van der Waals surface area contributed by atoms with Crippen LogP contribution in [0.3, 0.4) is 0 Å². The third-order valence-corrected chi connectivity index (χ3v) is 3.84. The molecular weight excluding hydrogens is 246 g/mol. The Bertz CT molecular complexity index is 519. The van der Waals surface area contributed by atoms with Crippen molar-refractivity contribution in [3.63, 3.8) is 0 Å². The SMILES string of the molecule is CNc1nc(-c2cccs2)nc(N2CCCC2)n1. The van der Waals surface area contributed by atoms with E-state index >= 15 is 0 Å². The van der Waals surface area contributed by atoms with Gasteiger partial charge in [0.1, 0.15) is 0 Å². The summed E-state index contributed by atoms with van der Waals surface area (Å²) < 4.78 is 0. The smallest absolute Gasteiger partial charge is 0.230 e. The molecule has 1 saturated heterocycles. The fraction of sp³-hybridized carbons (Fsp3) is 0.417. The quantitative estimate of drug-likeness (QED) is 0.918. The van der Waals surface area contributed by atoms with E-state index in [2.05, 4.69) is 25.2 Å². The molecule has 0 amide bonds. The lowest BCUT2D eigenvalue weighted by Gasteiger charge is -2.16. The number of nitrogens with zero attached hydrogens (tertiary/aromatic N) is 4. The second-order valence-corrected chi connectivity index (χ2v) is 5.15. The lowest BCUT2D eigenvalue weighted by atomic mass is 10.4. The maximum atomic E-state index is 4.58. The van der Waals surface area contributed by atoms with Gasteiger partial charge in [0.25, 0.3) is 0 Å². The molecule has 0 radical (unpaired) electrons. The van der Waals surface area contributed by atoms with Crippen molar-refractivity contribution < 1.29 is 0 Å². The zero-order valence-electron chi connectivity index (χ0n) is 10.3. The average molecular weight is 261 g/mol. The van der Waals surface area contributed by atoms with Crippen LogP contribution in [0.1, 0.15) is 12.8 Å². The molecule has 1 N–H and O–H groups in total. The summed E-state index contributed by atoms with van der Waals surface area (Å²) in [6, 6.07) is 4.05. The van der Waals surface area contributed by atoms with E-state index < -0.39 is 0 Å². The summed E-state index contributed by atoms with van der Waals surface area (Å²) in [6.45, 7) is 2.08. The molecule has 6 heteroatoms. The average Bonchev–Trinajstić information content (AvgIpc) is 3.10. The summed E-state index contributed by atoms with van der Waals surface area (Å²) in [7, 11) is 1.83. The highest BCUT2D eigenvalue weighted by Gasteiger charge is 2.17. The normalized spacial score (nSPS) is 15.1. The second-order valence-electron chi connectivity index (χ2n) is 4.20. The first kappa shape index (κ1) is 11.4. The Morgan fingerprint density at radius 2 is 2.06 bits per heavy atom. The highest BCUT2D eigenvalue weighted by Crippen LogP contribution is 2.25. The molecule has 0 unspecified atom stereocenters. The molecule has 0 aliphatic carbocycles. The molecule has 0 bridgehead atoms. The highest BCUT2D eigenvalue weighted by atomic mass is 32.1. The van der Waals surface area contributed by atoms with E-state index in [0.29, 0.717) is 5.95 Å². The number of hydrogen-bond acceptors (Lipinski definition) is 6. The minimum absolute atomic E-state index is 0.635. The predicted octanol–water partition coefficient (Wildman–Crippen LogP) is 2.24. The zero-order chi connectivity index (χ0) is 12.4. The van der Waals surface area contributed by atoms with Gasteiger partial charge in [-0.15, -0.1) is 11.3 Å². The van der Waals surface area contributed by atoms with Crippen LogP contribution in [0.4, 0.5) is 11.9 Å². The Morgan fingerprint density at radius 1 is 1.22 bits per heavy atom. The maximum absolute atomic E-state index is 4.58. The van der Waals surface area contributed by atoms with Gasteiger partial charge < -0.3 is 10.2 Å². The van der Waals surface area contributed by atoms with E-state index in [4.69, 9.17) is 0 Å². The molecule has 2 aromatic heterocycles. The number of anilines is 2. The molecule has 1 aliphatic heterocycles. The van der Waals surface area contributed by atoms with E-state index in [1.54, 1.807) is 11.3 Å². The van der Waals surface area contributed by atoms with Gasteiger partial charge in [-0.3, -0.25) is 0 Å². The third kappa shape index (κ3) is 2.15. The Hall–Kier alpha value is -1.69. The fourth-order valence-electron chi connectivity index (χ4n) is 2.05. The molecule has 0 aromatic carbocycles. The van der Waals surface area contributed by atoms with Crippen LogP contribution in [-0.2, 0) is 0 Å². The molecule has 94 valence electrons. The van der Waals surface area contributed by atoms with Gasteiger partial charge in [0.05, 0.1) is 4.88 Å². The molecular formula is C12H15N5S. The third-order valence-electron chi connectivity index (χ3n) is 2.98. The summed E-state index contributed by atoms with van der Waals surface area (Å²) in [4.78, 5) is 16.7. The van der Waals surface area contributed by atoms with Gasteiger partial charge in [-0.2, -0.15) is 15.0 Å². The van der Waals surface area contributed by atoms with Gasteiger partial charge in [-0.1, -0.05) is 6.07 Å². The Morgan fingerprint density at radius 3 is 2.72 bits per heavy atom. The van der Waals surface area contributed by atoms with Crippen LogP contribution in [0.2, 0.25) is 0 Å². The van der Waals surface area contributed by atoms with Crippen molar-refractivity contribution >= 4 is 23.2 Å². The number of thiophene rings is 1. The molecule has 3 heterocycles. The number of rotatable bonds is 3. The topological polar surface area (TPSA) is 53.9 Å². The van der Waals surface area contributed by atoms with Crippen molar-refractivity contribution in [2.24, 2.45) is 0 Å². The van der Waals surface area contributed by atoms with Crippen molar-refractivity contribution in [3.8, 4) is 10.7 Å². The minimum Gasteiger partial charge on any atom is -0.357 e. The highest BCUT2D eigenvalue weighted by molar-refractivity contribution is 7.13. The molecule has 0 spiro atoms. The van der Waals surface area contributed by atoms with Gasteiger partial charge in [0, 0.05) is 20.1 Å². The first-order valence-electron chi connectivity index (χ1n) is 6.09. The Kier molecular flexibility index (Phi) is 3.10. The van der Waals surface area contributed by atoms with Crippen LogP contribution in [-0.4, -0.2) is 35.1 Å². The van der Waals surface area contributed by atoms with E-state index in [-0.39, 0.29) is 0 Å². The van der Waals surface area contributed by atoms with Crippen LogP contribution in [0.15, 0.2) is 17.5 Å². The van der Waals surface area contributed by atoms with Crippen molar-refractivity contribution in [1.29, 1.82) is 0 Å². The van der Waals surface area contributed by atoms with Crippen LogP contribution in [0.25, 0.3) is 10.7 Å². The molecule has 0 saturated carbocycles. The predicted molar refractivity (Wildman–Crippen MR) is 74.1 cm³/mol. The van der Waals surface area contributed by atoms with Gasteiger partial charge in [0.2, 0.25) is 11.9 Å². The van der Waals surface area contributed by atoms with Crippen molar-refractivity contribution in [2.75, 3.05) is 30.4 Å². The fourth-order valence-corrected chi connectivity index (χ4v) is 2.71. The lowest BCUT2D eigenvalue weighted by molar-refractivity contribution is 0.885. The van der Waals surface area contributed by atoms with Crippen LogP contribution >= 0.6 is 11.3 Å². The zero-order valence-corrected chi connectivity index (χ0v) is 11.1. The molecule has 5 nitrogen and oxygen atoms in total. The Labute approximate surface area is 110 Å². The standard InChI is InChI=1S/C12H15N5S/c1-13-11-14-10(9-5-4-8-18-9)15-12(16-11)17-6-2-3-7-17/h4-5,8H,2-3,6-7H2,1H3,(H,13,14,15,16). The van der Waals surface area contributed by atoms with Gasteiger partial charge in [-0.25, -0.2) is 0 Å². The largest absolute Gasteiger partial charge is 0.357 e. The van der Waals surface area contributed by atoms with E-state index in [1.807, 2.05) is 24.6 Å². The van der Waals surface area contributed by atoms with Crippen molar-refractivity contribution in [3.05, 3.63) is 17.5 Å². The number of nitrogens with one attached hydrogen (secondary N) is 1. The van der Waals surface area contributed by atoms with Crippen LogP contribution in [0, 0.1) is 0 Å². The molecule has 1 aliphatic rings. The number of aromatic nitrogens is 3. The van der Waals surface area contributed by atoms with Crippen molar-refractivity contribution in [1.82, 2.24) is 15.0 Å². The monoisotopic (exact) mass is 261 g/mol. The molecule has 1 fully saturated rings. The summed E-state index contributed by atoms with van der Waals surface area (Å²) in [5.74, 6) is 2.18.